The number of benzene rings is 1. The summed E-state index contributed by atoms with van der Waals surface area (Å²) in [7, 11) is 0. The van der Waals surface area contributed by atoms with Gasteiger partial charge in [-0.05, 0) is 25.0 Å². The highest BCUT2D eigenvalue weighted by atomic mass is 16.6. The first-order chi connectivity index (χ1) is 5.22. The first-order valence-corrected chi connectivity index (χ1v) is 3.92. The van der Waals surface area contributed by atoms with Gasteiger partial charge in [0.15, 0.2) is 0 Å². The molecule has 0 radical (unpaired) electrons. The van der Waals surface area contributed by atoms with Crippen molar-refractivity contribution in [3.05, 3.63) is 35.4 Å². The predicted molar refractivity (Wildman–Crippen MR) is 44.5 cm³/mol. The minimum atomic E-state index is 0.0331. The predicted octanol–water partition coefficient (Wildman–Crippen LogP) is 2.24. The zero-order chi connectivity index (χ0) is 7.90. The molecule has 1 heteroatoms. The number of epoxide rings is 1. The van der Waals surface area contributed by atoms with Crippen molar-refractivity contribution in [3.63, 3.8) is 0 Å². The Labute approximate surface area is 67.0 Å². The third-order valence-corrected chi connectivity index (χ3v) is 2.29. The lowest BCUT2D eigenvalue weighted by Gasteiger charge is -2.07. The molecular formula is C10H12O. The number of hydrogen-bond acceptors (Lipinski definition) is 1. The molecule has 0 saturated carbocycles. The topological polar surface area (TPSA) is 12.5 Å². The van der Waals surface area contributed by atoms with Gasteiger partial charge in [0.05, 0.1) is 6.61 Å². The van der Waals surface area contributed by atoms with Crippen molar-refractivity contribution in [2.45, 2.75) is 19.4 Å². The summed E-state index contributed by atoms with van der Waals surface area (Å²) in [6.07, 6.45) is 0. The largest absolute Gasteiger partial charge is 0.365 e. The molecule has 1 heterocycles. The van der Waals surface area contributed by atoms with Crippen LogP contribution in [-0.2, 0) is 10.3 Å². The Bertz CT molecular complexity index is 274. The average molecular weight is 148 g/mol. The molecule has 0 spiro atoms. The fraction of sp³-hybridized carbons (Fsp3) is 0.400. The summed E-state index contributed by atoms with van der Waals surface area (Å²) in [4.78, 5) is 0. The lowest BCUT2D eigenvalue weighted by Crippen LogP contribution is -2.03. The van der Waals surface area contributed by atoms with Crippen LogP contribution in [0.2, 0.25) is 0 Å². The Kier molecular flexibility index (Phi) is 1.30. The molecule has 11 heavy (non-hydrogen) atoms. The van der Waals surface area contributed by atoms with Crippen molar-refractivity contribution in [1.29, 1.82) is 0 Å². The van der Waals surface area contributed by atoms with Crippen molar-refractivity contribution in [1.82, 2.24) is 0 Å². The standard InChI is InChI=1S/C10H12O/c1-8-5-3-4-6-9(8)10(2)7-11-10/h3-6H,7H2,1-2H3. The molecule has 1 aromatic rings. The van der Waals surface area contributed by atoms with E-state index in [1.54, 1.807) is 0 Å². The van der Waals surface area contributed by atoms with Crippen LogP contribution in [0.4, 0.5) is 0 Å². The molecule has 0 aliphatic carbocycles. The summed E-state index contributed by atoms with van der Waals surface area (Å²) in [6.45, 7) is 5.13. The Hall–Kier alpha value is -0.820. The molecule has 1 saturated heterocycles. The molecule has 1 fully saturated rings. The van der Waals surface area contributed by atoms with Crippen LogP contribution in [0.15, 0.2) is 24.3 Å². The Balaban J connectivity index is 2.45. The van der Waals surface area contributed by atoms with E-state index in [9.17, 15) is 0 Å². The van der Waals surface area contributed by atoms with Gasteiger partial charge in [-0.25, -0.2) is 0 Å². The molecule has 0 bridgehead atoms. The Morgan fingerprint density at radius 2 is 2.00 bits per heavy atom. The summed E-state index contributed by atoms with van der Waals surface area (Å²) in [6, 6.07) is 8.39. The van der Waals surface area contributed by atoms with Gasteiger partial charge in [-0.3, -0.25) is 0 Å². The summed E-state index contributed by atoms with van der Waals surface area (Å²) in [5.74, 6) is 0. The van der Waals surface area contributed by atoms with E-state index in [2.05, 4.69) is 38.1 Å². The van der Waals surface area contributed by atoms with E-state index in [1.165, 1.54) is 11.1 Å². The van der Waals surface area contributed by atoms with Crippen LogP contribution < -0.4 is 0 Å². The first-order valence-electron chi connectivity index (χ1n) is 3.92. The highest BCUT2D eigenvalue weighted by Crippen LogP contribution is 2.39. The normalized spacial score (nSPS) is 28.5. The van der Waals surface area contributed by atoms with E-state index in [-0.39, 0.29) is 5.60 Å². The highest BCUT2D eigenvalue weighted by molar-refractivity contribution is 5.33. The molecule has 1 aliphatic rings. The minimum absolute atomic E-state index is 0.0331. The summed E-state index contributed by atoms with van der Waals surface area (Å²) in [5, 5.41) is 0. The van der Waals surface area contributed by atoms with Crippen LogP contribution in [0.5, 0.6) is 0 Å². The van der Waals surface area contributed by atoms with Crippen LogP contribution in [-0.4, -0.2) is 6.61 Å². The lowest BCUT2D eigenvalue weighted by molar-refractivity contribution is 0.328. The second-order valence-electron chi connectivity index (χ2n) is 3.33. The Morgan fingerprint density at radius 3 is 2.55 bits per heavy atom. The van der Waals surface area contributed by atoms with E-state index in [0.717, 1.165) is 6.61 Å². The van der Waals surface area contributed by atoms with E-state index in [0.29, 0.717) is 0 Å². The first kappa shape index (κ1) is 6.86. The molecule has 2 rings (SSSR count). The maximum atomic E-state index is 5.36. The van der Waals surface area contributed by atoms with Crippen molar-refractivity contribution in [2.75, 3.05) is 6.61 Å². The molecule has 1 atom stereocenters. The zero-order valence-corrected chi connectivity index (χ0v) is 6.92. The summed E-state index contributed by atoms with van der Waals surface area (Å²) >= 11 is 0. The fourth-order valence-electron chi connectivity index (χ4n) is 1.43. The number of rotatable bonds is 1. The van der Waals surface area contributed by atoms with Gasteiger partial charge in [0.2, 0.25) is 0 Å². The highest BCUT2D eigenvalue weighted by Gasteiger charge is 2.41. The maximum absolute atomic E-state index is 5.36. The third-order valence-electron chi connectivity index (χ3n) is 2.29. The zero-order valence-electron chi connectivity index (χ0n) is 6.92. The number of hydrogen-bond donors (Lipinski definition) is 0. The molecule has 0 aromatic heterocycles. The molecule has 1 nitrogen and oxygen atoms in total. The molecule has 58 valence electrons. The van der Waals surface area contributed by atoms with Gasteiger partial charge < -0.3 is 4.74 Å². The second-order valence-corrected chi connectivity index (χ2v) is 3.33. The van der Waals surface area contributed by atoms with Gasteiger partial charge in [0, 0.05) is 0 Å². The van der Waals surface area contributed by atoms with Gasteiger partial charge >= 0.3 is 0 Å². The van der Waals surface area contributed by atoms with Crippen molar-refractivity contribution >= 4 is 0 Å². The number of aryl methyl sites for hydroxylation is 1. The van der Waals surface area contributed by atoms with Crippen molar-refractivity contribution < 1.29 is 4.74 Å². The van der Waals surface area contributed by atoms with E-state index >= 15 is 0 Å². The Morgan fingerprint density at radius 1 is 1.36 bits per heavy atom. The molecule has 0 amide bonds. The third kappa shape index (κ3) is 1.05. The molecule has 0 N–H and O–H groups in total. The smallest absolute Gasteiger partial charge is 0.114 e. The fourth-order valence-corrected chi connectivity index (χ4v) is 1.43. The summed E-state index contributed by atoms with van der Waals surface area (Å²) < 4.78 is 5.36. The monoisotopic (exact) mass is 148 g/mol. The van der Waals surface area contributed by atoms with Crippen LogP contribution in [0.3, 0.4) is 0 Å². The van der Waals surface area contributed by atoms with Crippen molar-refractivity contribution in [3.8, 4) is 0 Å². The molecular weight excluding hydrogens is 136 g/mol. The van der Waals surface area contributed by atoms with Crippen molar-refractivity contribution in [2.24, 2.45) is 0 Å². The number of ether oxygens (including phenoxy) is 1. The van der Waals surface area contributed by atoms with Crippen LogP contribution >= 0.6 is 0 Å². The van der Waals surface area contributed by atoms with E-state index < -0.39 is 0 Å². The second kappa shape index (κ2) is 2.08. The SMILES string of the molecule is Cc1ccccc1C1(C)CO1. The van der Waals surface area contributed by atoms with Gasteiger partial charge in [0.1, 0.15) is 5.60 Å². The maximum Gasteiger partial charge on any atom is 0.114 e. The van der Waals surface area contributed by atoms with Crippen LogP contribution in [0.25, 0.3) is 0 Å². The van der Waals surface area contributed by atoms with Crippen LogP contribution in [0, 0.1) is 6.92 Å². The summed E-state index contributed by atoms with van der Waals surface area (Å²) in [5.41, 5.74) is 2.69. The molecule has 1 aliphatic heterocycles. The van der Waals surface area contributed by atoms with Gasteiger partial charge in [-0.15, -0.1) is 0 Å². The quantitative estimate of drug-likeness (QED) is 0.556. The average Bonchev–Trinajstić information content (AvgIpc) is 2.70. The van der Waals surface area contributed by atoms with Gasteiger partial charge in [-0.2, -0.15) is 0 Å². The van der Waals surface area contributed by atoms with E-state index in [4.69, 9.17) is 4.74 Å². The lowest BCUT2D eigenvalue weighted by atomic mass is 9.97. The minimum Gasteiger partial charge on any atom is -0.365 e. The molecule has 1 aromatic carbocycles. The van der Waals surface area contributed by atoms with Gasteiger partial charge in [-0.1, -0.05) is 24.3 Å². The van der Waals surface area contributed by atoms with E-state index in [1.807, 2.05) is 0 Å². The van der Waals surface area contributed by atoms with Crippen LogP contribution in [0.1, 0.15) is 18.1 Å². The van der Waals surface area contributed by atoms with Gasteiger partial charge in [0.25, 0.3) is 0 Å². The molecule has 1 unspecified atom stereocenters.